The van der Waals surface area contributed by atoms with Crippen LogP contribution in [0.2, 0.25) is 0 Å². The number of alkyl halides is 11. The van der Waals surface area contributed by atoms with Crippen LogP contribution in [0.5, 0.6) is 0 Å². The van der Waals surface area contributed by atoms with Crippen molar-refractivity contribution in [3.63, 3.8) is 0 Å². The van der Waals surface area contributed by atoms with Crippen LogP contribution in [0.1, 0.15) is 0 Å². The van der Waals surface area contributed by atoms with E-state index in [1.54, 1.807) is 0 Å². The van der Waals surface area contributed by atoms with Gasteiger partial charge < -0.3 is 5.11 Å². The summed E-state index contributed by atoms with van der Waals surface area (Å²) in [5.41, 5.74) is 0. The zero-order chi connectivity index (χ0) is 18.4. The lowest BCUT2D eigenvalue weighted by Crippen LogP contribution is -2.53. The van der Waals surface area contributed by atoms with Crippen molar-refractivity contribution >= 4 is 5.97 Å². The van der Waals surface area contributed by atoms with Crippen molar-refractivity contribution in [1.82, 2.24) is 0 Å². The Bertz CT molecular complexity index is 474. The van der Waals surface area contributed by atoms with Crippen LogP contribution in [0.4, 0.5) is 52.7 Å². The maximum absolute atomic E-state index is 12.6. The third-order valence-electron chi connectivity index (χ3n) is 2.05. The molecule has 0 heterocycles. The summed E-state index contributed by atoms with van der Waals surface area (Å²) in [7, 11) is 0. The predicted molar refractivity (Wildman–Crippen MR) is 42.7 cm³/mol. The number of halogens is 12. The number of carbonyl (C=O) groups is 1. The normalized spacial score (nSPS) is 15.9. The van der Waals surface area contributed by atoms with E-state index in [4.69, 9.17) is 5.11 Å². The van der Waals surface area contributed by atoms with Gasteiger partial charge in [-0.2, -0.15) is 48.3 Å². The summed E-state index contributed by atoms with van der Waals surface area (Å²) >= 11 is 0. The highest BCUT2D eigenvalue weighted by Crippen LogP contribution is 2.51. The highest BCUT2D eigenvalue weighted by molar-refractivity contribution is 5.77. The molecular formula is C8H2F12O2. The summed E-state index contributed by atoms with van der Waals surface area (Å²) in [6.07, 6.45) is -9.41. The summed E-state index contributed by atoms with van der Waals surface area (Å²) in [5.74, 6) is -34.7. The molecule has 0 saturated heterocycles. The van der Waals surface area contributed by atoms with Gasteiger partial charge in [-0.1, -0.05) is 0 Å². The van der Waals surface area contributed by atoms with Crippen molar-refractivity contribution in [1.29, 1.82) is 0 Å². The Kier molecular flexibility index (Phi) is 4.84. The number of carboxylic acids is 1. The van der Waals surface area contributed by atoms with Crippen LogP contribution in [0.25, 0.3) is 0 Å². The highest BCUT2D eigenvalue weighted by atomic mass is 19.4. The molecule has 2 nitrogen and oxygen atoms in total. The molecule has 22 heavy (non-hydrogen) atoms. The quantitative estimate of drug-likeness (QED) is 0.754. The average molecular weight is 358 g/mol. The Morgan fingerprint density at radius 2 is 1.14 bits per heavy atom. The fraction of sp³-hybridized carbons (Fsp3) is 0.625. The lowest BCUT2D eigenvalue weighted by molar-refractivity contribution is -0.348. The van der Waals surface area contributed by atoms with E-state index in [1.165, 1.54) is 0 Å². The standard InChI is InChI=1S/C8H2F12O2/c9-2(1-4(10,11)6(14,15)3(21)22)5(12,13)7(16,17)8(18,19)20/h1H,(H,21,22)/b2-1-. The van der Waals surface area contributed by atoms with Crippen molar-refractivity contribution in [2.45, 2.75) is 29.9 Å². The molecule has 0 aromatic rings. The van der Waals surface area contributed by atoms with E-state index in [-0.39, 0.29) is 0 Å². The second kappa shape index (κ2) is 5.22. The Labute approximate surface area is 112 Å². The molecule has 0 rings (SSSR count). The molecule has 0 bridgehead atoms. The van der Waals surface area contributed by atoms with Gasteiger partial charge in [0, 0.05) is 6.08 Å². The molecule has 0 aromatic carbocycles. The summed E-state index contributed by atoms with van der Waals surface area (Å²) in [6, 6.07) is 0. The molecule has 0 aliphatic rings. The van der Waals surface area contributed by atoms with E-state index in [2.05, 4.69) is 0 Å². The van der Waals surface area contributed by atoms with Crippen LogP contribution < -0.4 is 0 Å². The molecule has 0 saturated carbocycles. The van der Waals surface area contributed by atoms with Crippen LogP contribution in [-0.2, 0) is 4.79 Å². The number of rotatable bonds is 5. The lowest BCUT2D eigenvalue weighted by atomic mass is 10.1. The molecule has 0 fully saturated rings. The SMILES string of the molecule is O=C(O)C(F)(F)C(F)(F)/C=C(\F)C(F)(F)C(F)(F)C(F)(F)F. The van der Waals surface area contributed by atoms with Crippen molar-refractivity contribution in [2.75, 3.05) is 0 Å². The van der Waals surface area contributed by atoms with Crippen LogP contribution in [0.15, 0.2) is 11.9 Å². The first-order valence-corrected chi connectivity index (χ1v) is 4.52. The van der Waals surface area contributed by atoms with Gasteiger partial charge in [0.2, 0.25) is 0 Å². The second-order valence-electron chi connectivity index (χ2n) is 3.64. The second-order valence-corrected chi connectivity index (χ2v) is 3.64. The molecule has 130 valence electrons. The van der Waals surface area contributed by atoms with Gasteiger partial charge in [0.05, 0.1) is 0 Å². The minimum atomic E-state index is -7.21. The van der Waals surface area contributed by atoms with Crippen LogP contribution in [0, 0.1) is 0 Å². The number of hydrogen-bond acceptors (Lipinski definition) is 1. The largest absolute Gasteiger partial charge is 0.477 e. The van der Waals surface area contributed by atoms with Crippen molar-refractivity contribution in [2.24, 2.45) is 0 Å². The number of hydrogen-bond donors (Lipinski definition) is 1. The van der Waals surface area contributed by atoms with E-state index in [1.807, 2.05) is 0 Å². The molecule has 14 heteroatoms. The van der Waals surface area contributed by atoms with E-state index in [0.717, 1.165) is 0 Å². The molecule has 0 aliphatic carbocycles. The third kappa shape index (κ3) is 3.09. The summed E-state index contributed by atoms with van der Waals surface area (Å²) in [5, 5.41) is 7.68. The monoisotopic (exact) mass is 358 g/mol. The molecule has 0 amide bonds. The Morgan fingerprint density at radius 1 is 0.773 bits per heavy atom. The minimum Gasteiger partial charge on any atom is -0.477 e. The Hall–Kier alpha value is -1.63. The van der Waals surface area contributed by atoms with Gasteiger partial charge in [-0.3, -0.25) is 0 Å². The number of aliphatic carboxylic acids is 1. The van der Waals surface area contributed by atoms with Crippen molar-refractivity contribution < 1.29 is 62.6 Å². The van der Waals surface area contributed by atoms with Crippen LogP contribution in [-0.4, -0.2) is 40.9 Å². The molecule has 0 atom stereocenters. The minimum absolute atomic E-state index is 2.30. The van der Waals surface area contributed by atoms with Gasteiger partial charge in [0.15, 0.2) is 5.83 Å². The molecule has 0 radical (unpaired) electrons. The first-order chi connectivity index (χ1) is 9.32. The van der Waals surface area contributed by atoms with E-state index in [9.17, 15) is 57.5 Å². The third-order valence-corrected chi connectivity index (χ3v) is 2.05. The van der Waals surface area contributed by atoms with Gasteiger partial charge in [0.1, 0.15) is 0 Å². The summed E-state index contributed by atoms with van der Waals surface area (Å²) in [6.45, 7) is 0. The van der Waals surface area contributed by atoms with Crippen LogP contribution in [0.3, 0.4) is 0 Å². The smallest absolute Gasteiger partial charge is 0.460 e. The molecule has 0 aliphatic heterocycles. The number of carboxylic acid groups (broad SMARTS) is 1. The maximum atomic E-state index is 12.6. The average Bonchev–Trinajstić information content (AvgIpc) is 2.25. The molecule has 0 unspecified atom stereocenters. The predicted octanol–water partition coefficient (Wildman–Crippen LogP) is 4.03. The van der Waals surface area contributed by atoms with Gasteiger partial charge >= 0.3 is 35.8 Å². The fourth-order valence-corrected chi connectivity index (χ4v) is 0.811. The van der Waals surface area contributed by atoms with E-state index >= 15 is 0 Å². The van der Waals surface area contributed by atoms with E-state index < -0.39 is 47.7 Å². The zero-order valence-corrected chi connectivity index (χ0v) is 9.47. The molecular weight excluding hydrogens is 356 g/mol. The molecule has 0 spiro atoms. The van der Waals surface area contributed by atoms with E-state index in [0.29, 0.717) is 0 Å². The molecule has 1 N–H and O–H groups in total. The Morgan fingerprint density at radius 3 is 1.41 bits per heavy atom. The summed E-state index contributed by atoms with van der Waals surface area (Å²) < 4.78 is 147. The highest BCUT2D eigenvalue weighted by Gasteiger charge is 2.75. The summed E-state index contributed by atoms with van der Waals surface area (Å²) in [4.78, 5) is 9.76. The van der Waals surface area contributed by atoms with Crippen molar-refractivity contribution in [3.8, 4) is 0 Å². The van der Waals surface area contributed by atoms with Crippen LogP contribution >= 0.6 is 0 Å². The zero-order valence-electron chi connectivity index (χ0n) is 9.47. The van der Waals surface area contributed by atoms with Crippen molar-refractivity contribution in [3.05, 3.63) is 11.9 Å². The van der Waals surface area contributed by atoms with Gasteiger partial charge in [-0.15, -0.1) is 0 Å². The Balaban J connectivity index is 5.96. The van der Waals surface area contributed by atoms with Gasteiger partial charge in [0.25, 0.3) is 0 Å². The van der Waals surface area contributed by atoms with Gasteiger partial charge in [-0.25, -0.2) is 9.18 Å². The first-order valence-electron chi connectivity index (χ1n) is 4.52. The lowest BCUT2D eigenvalue weighted by Gasteiger charge is -2.28. The topological polar surface area (TPSA) is 37.3 Å². The number of allylic oxidation sites excluding steroid dienone is 2. The maximum Gasteiger partial charge on any atom is 0.460 e. The fourth-order valence-electron chi connectivity index (χ4n) is 0.811. The molecule has 0 aromatic heterocycles. The first kappa shape index (κ1) is 20.4. The van der Waals surface area contributed by atoms with Gasteiger partial charge in [-0.05, 0) is 0 Å².